The summed E-state index contributed by atoms with van der Waals surface area (Å²) >= 11 is 0. The van der Waals surface area contributed by atoms with Crippen molar-refractivity contribution >= 4 is 23.5 Å². The quantitative estimate of drug-likeness (QED) is 0.491. The van der Waals surface area contributed by atoms with Crippen LogP contribution >= 0.6 is 0 Å². The molecule has 1 amide bonds. The number of para-hydroxylation sites is 1. The first kappa shape index (κ1) is 21.5. The lowest BCUT2D eigenvalue weighted by Crippen LogP contribution is -2.48. The molecule has 160 valence electrons. The van der Waals surface area contributed by atoms with Crippen LogP contribution in [0.25, 0.3) is 11.6 Å². The van der Waals surface area contributed by atoms with E-state index in [4.69, 9.17) is 24.3 Å². The minimum atomic E-state index is -1.82. The van der Waals surface area contributed by atoms with Crippen molar-refractivity contribution in [3.8, 4) is 11.6 Å². The molecular formula is C19H18N6O6. The van der Waals surface area contributed by atoms with Gasteiger partial charge >= 0.3 is 11.9 Å². The van der Waals surface area contributed by atoms with Gasteiger partial charge in [0.15, 0.2) is 0 Å². The molecular weight excluding hydrogens is 408 g/mol. The van der Waals surface area contributed by atoms with E-state index < -0.39 is 11.9 Å². The van der Waals surface area contributed by atoms with E-state index in [2.05, 4.69) is 25.4 Å². The van der Waals surface area contributed by atoms with Gasteiger partial charge in [0.25, 0.3) is 0 Å². The van der Waals surface area contributed by atoms with E-state index in [1.165, 1.54) is 0 Å². The average Bonchev–Trinajstić information content (AvgIpc) is 3.22. The highest BCUT2D eigenvalue weighted by Crippen LogP contribution is 2.26. The maximum atomic E-state index is 12.0. The Morgan fingerprint density at radius 3 is 2.26 bits per heavy atom. The van der Waals surface area contributed by atoms with Crippen molar-refractivity contribution in [3.63, 3.8) is 0 Å². The second-order valence-electron chi connectivity index (χ2n) is 6.44. The first-order valence-electron chi connectivity index (χ1n) is 9.07. The Balaban J connectivity index is 0.000000401. The molecule has 12 heteroatoms. The summed E-state index contributed by atoms with van der Waals surface area (Å²) in [5.41, 5.74) is 0.800. The zero-order valence-electron chi connectivity index (χ0n) is 16.1. The number of nitrogens with one attached hydrogen (secondary N) is 1. The number of benzene rings is 1. The number of hydrogen-bond donors (Lipinski definition) is 3. The molecule has 0 radical (unpaired) electrons. The molecule has 12 nitrogen and oxygen atoms in total. The molecule has 1 fully saturated rings. The zero-order valence-corrected chi connectivity index (χ0v) is 16.1. The molecule has 0 atom stereocenters. The normalized spacial score (nSPS) is 13.4. The number of nitrogens with zero attached hydrogens (tertiary/aromatic N) is 5. The van der Waals surface area contributed by atoms with E-state index >= 15 is 0 Å². The second kappa shape index (κ2) is 10.0. The Morgan fingerprint density at radius 2 is 1.65 bits per heavy atom. The van der Waals surface area contributed by atoms with Crippen molar-refractivity contribution in [3.05, 3.63) is 54.7 Å². The molecule has 3 N–H and O–H groups in total. The van der Waals surface area contributed by atoms with E-state index in [0.717, 1.165) is 5.69 Å². The highest BCUT2D eigenvalue weighted by molar-refractivity contribution is 6.27. The highest BCUT2D eigenvalue weighted by Gasteiger charge is 2.33. The lowest BCUT2D eigenvalue weighted by molar-refractivity contribution is -0.159. The molecule has 2 aromatic heterocycles. The van der Waals surface area contributed by atoms with Crippen LogP contribution in [-0.4, -0.2) is 72.7 Å². The minimum absolute atomic E-state index is 0.0337. The summed E-state index contributed by atoms with van der Waals surface area (Å²) in [6.07, 6.45) is 3.27. The van der Waals surface area contributed by atoms with Gasteiger partial charge in [0, 0.05) is 31.2 Å². The molecule has 1 aliphatic rings. The van der Waals surface area contributed by atoms with E-state index in [9.17, 15) is 4.79 Å². The largest absolute Gasteiger partial charge is 0.473 e. The second-order valence-corrected chi connectivity index (χ2v) is 6.44. The number of anilines is 1. The van der Waals surface area contributed by atoms with Gasteiger partial charge in [-0.05, 0) is 18.2 Å². The Kier molecular flexibility index (Phi) is 6.96. The van der Waals surface area contributed by atoms with Gasteiger partial charge in [-0.1, -0.05) is 23.4 Å². The molecule has 4 rings (SSSR count). The summed E-state index contributed by atoms with van der Waals surface area (Å²) in [5.74, 6) is -2.16. The van der Waals surface area contributed by atoms with Crippen LogP contribution in [0, 0.1) is 0 Å². The van der Waals surface area contributed by atoms with Crippen LogP contribution in [0.1, 0.15) is 11.8 Å². The van der Waals surface area contributed by atoms with Crippen molar-refractivity contribution in [2.24, 2.45) is 0 Å². The number of hydrogen-bond acceptors (Lipinski definition) is 9. The monoisotopic (exact) mass is 426 g/mol. The van der Waals surface area contributed by atoms with Crippen LogP contribution in [0.3, 0.4) is 0 Å². The molecule has 0 unspecified atom stereocenters. The van der Waals surface area contributed by atoms with Gasteiger partial charge in [0.05, 0.1) is 12.5 Å². The standard InChI is InChI=1S/C17H16N6O2.C2H2O4/c24-14(20-13-5-2-1-3-6-13)11-23-9-12(10-23)17-21-16(22-25-17)15-18-7-4-8-19-15;3-1(4)2(5)6/h1-8,12H,9-11H2,(H,20,24);(H,3,4)(H,5,6). The van der Waals surface area contributed by atoms with E-state index in [1.807, 2.05) is 35.2 Å². The van der Waals surface area contributed by atoms with Crippen LogP contribution < -0.4 is 5.32 Å². The molecule has 3 aromatic rings. The summed E-state index contributed by atoms with van der Waals surface area (Å²) in [5, 5.41) is 21.6. The van der Waals surface area contributed by atoms with Gasteiger partial charge < -0.3 is 20.1 Å². The van der Waals surface area contributed by atoms with Crippen LogP contribution in [-0.2, 0) is 14.4 Å². The number of aromatic nitrogens is 4. The molecule has 1 aliphatic heterocycles. The molecule has 31 heavy (non-hydrogen) atoms. The molecule has 0 aliphatic carbocycles. The van der Waals surface area contributed by atoms with Crippen molar-refractivity contribution in [1.82, 2.24) is 25.0 Å². The predicted molar refractivity (Wildman–Crippen MR) is 105 cm³/mol. The van der Waals surface area contributed by atoms with Crippen LogP contribution in [0.15, 0.2) is 53.3 Å². The van der Waals surface area contributed by atoms with E-state index in [-0.39, 0.29) is 11.8 Å². The molecule has 0 spiro atoms. The molecule has 0 saturated carbocycles. The number of amides is 1. The summed E-state index contributed by atoms with van der Waals surface area (Å²) in [7, 11) is 0. The third-order valence-corrected chi connectivity index (χ3v) is 4.12. The van der Waals surface area contributed by atoms with Gasteiger partial charge in [0.1, 0.15) is 0 Å². The number of carboxylic acids is 2. The summed E-state index contributed by atoms with van der Waals surface area (Å²) in [6.45, 7) is 1.76. The average molecular weight is 426 g/mol. The van der Waals surface area contributed by atoms with Crippen LogP contribution in [0.4, 0.5) is 5.69 Å². The summed E-state index contributed by atoms with van der Waals surface area (Å²) in [6, 6.07) is 11.1. The first-order valence-corrected chi connectivity index (χ1v) is 9.07. The number of aliphatic carboxylic acids is 2. The fourth-order valence-corrected chi connectivity index (χ4v) is 2.69. The Hall–Kier alpha value is -4.19. The number of carbonyl (C=O) groups excluding carboxylic acids is 1. The van der Waals surface area contributed by atoms with Gasteiger partial charge in [-0.15, -0.1) is 0 Å². The van der Waals surface area contributed by atoms with Crippen molar-refractivity contribution in [2.75, 3.05) is 25.0 Å². The Labute approximate surface area is 175 Å². The van der Waals surface area contributed by atoms with E-state index in [1.54, 1.807) is 18.5 Å². The fraction of sp³-hybridized carbons (Fsp3) is 0.211. The predicted octanol–water partition coefficient (Wildman–Crippen LogP) is 0.720. The summed E-state index contributed by atoms with van der Waals surface area (Å²) in [4.78, 5) is 44.8. The minimum Gasteiger partial charge on any atom is -0.473 e. The lowest BCUT2D eigenvalue weighted by atomic mass is 10.0. The SMILES string of the molecule is O=C(CN1CC(c2nc(-c3ncccn3)no2)C1)Nc1ccccc1.O=C(O)C(=O)O. The zero-order chi connectivity index (χ0) is 22.2. The topological polar surface area (TPSA) is 172 Å². The number of carboxylic acid groups (broad SMARTS) is 2. The number of carbonyl (C=O) groups is 3. The molecule has 1 aromatic carbocycles. The number of likely N-dealkylation sites (tertiary alicyclic amines) is 1. The van der Waals surface area contributed by atoms with Gasteiger partial charge in [-0.25, -0.2) is 19.6 Å². The van der Waals surface area contributed by atoms with Gasteiger partial charge in [-0.2, -0.15) is 4.98 Å². The van der Waals surface area contributed by atoms with Crippen molar-refractivity contribution < 1.29 is 29.1 Å². The first-order chi connectivity index (χ1) is 14.9. The van der Waals surface area contributed by atoms with Gasteiger partial charge in [-0.3, -0.25) is 9.69 Å². The molecule has 3 heterocycles. The lowest BCUT2D eigenvalue weighted by Gasteiger charge is -2.36. The third kappa shape index (κ3) is 6.14. The highest BCUT2D eigenvalue weighted by atomic mass is 16.5. The van der Waals surface area contributed by atoms with Crippen LogP contribution in [0.2, 0.25) is 0 Å². The Morgan fingerprint density at radius 1 is 1.00 bits per heavy atom. The fourth-order valence-electron chi connectivity index (χ4n) is 2.69. The maximum absolute atomic E-state index is 12.0. The summed E-state index contributed by atoms with van der Waals surface area (Å²) < 4.78 is 5.30. The van der Waals surface area contributed by atoms with Gasteiger partial charge in [0.2, 0.25) is 23.4 Å². The third-order valence-electron chi connectivity index (χ3n) is 4.12. The smallest absolute Gasteiger partial charge is 0.414 e. The van der Waals surface area contributed by atoms with Crippen LogP contribution in [0.5, 0.6) is 0 Å². The number of rotatable bonds is 5. The maximum Gasteiger partial charge on any atom is 0.414 e. The molecule has 0 bridgehead atoms. The Bertz CT molecular complexity index is 1020. The van der Waals surface area contributed by atoms with E-state index in [0.29, 0.717) is 37.2 Å². The van der Waals surface area contributed by atoms with Crippen molar-refractivity contribution in [1.29, 1.82) is 0 Å². The molecule has 1 saturated heterocycles. The van der Waals surface area contributed by atoms with Crippen molar-refractivity contribution in [2.45, 2.75) is 5.92 Å².